The Balaban J connectivity index is 2.15. The molecular weight excluding hydrogens is 318 g/mol. The quantitative estimate of drug-likeness (QED) is 0.804. The molecule has 0 N–H and O–H groups in total. The fourth-order valence-corrected chi connectivity index (χ4v) is 2.30. The van der Waals surface area contributed by atoms with Crippen LogP contribution in [0.4, 0.5) is 9.18 Å². The fourth-order valence-electron chi connectivity index (χ4n) is 1.29. The fraction of sp³-hybridized carbons (Fsp3) is 0.300. The van der Waals surface area contributed by atoms with E-state index in [1.54, 1.807) is 6.92 Å². The number of carbonyl (C=O) groups excluding carboxylic acids is 1. The summed E-state index contributed by atoms with van der Waals surface area (Å²) in [4.78, 5) is 18.7. The van der Waals surface area contributed by atoms with Crippen LogP contribution in [-0.2, 0) is 4.74 Å². The number of rotatable bonds is 4. The summed E-state index contributed by atoms with van der Waals surface area (Å²) in [6.07, 6.45) is -0.592. The zero-order valence-electron chi connectivity index (χ0n) is 9.52. The van der Waals surface area contributed by atoms with Crippen LogP contribution in [-0.4, -0.2) is 28.1 Å². The van der Waals surface area contributed by atoms with E-state index >= 15 is 0 Å². The second kappa shape index (κ2) is 5.85. The van der Waals surface area contributed by atoms with Gasteiger partial charge < -0.3 is 9.47 Å². The van der Waals surface area contributed by atoms with Crippen LogP contribution >= 0.6 is 34.5 Å². The maximum Gasteiger partial charge on any atom is 0.403 e. The summed E-state index contributed by atoms with van der Waals surface area (Å²) in [5, 5.41) is 0. The second-order valence-corrected chi connectivity index (χ2v) is 5.41. The summed E-state index contributed by atoms with van der Waals surface area (Å²) in [5.74, 6) is -0.871. The molecule has 0 bridgehead atoms. The lowest BCUT2D eigenvalue weighted by atomic mass is 10.4. The van der Waals surface area contributed by atoms with Gasteiger partial charge in [0.2, 0.25) is 0 Å². The van der Waals surface area contributed by atoms with Crippen LogP contribution in [0.5, 0.6) is 5.88 Å². The summed E-state index contributed by atoms with van der Waals surface area (Å²) >= 11 is 11.8. The largest absolute Gasteiger partial charge is 0.469 e. The molecule has 0 aliphatic rings. The van der Waals surface area contributed by atoms with Crippen LogP contribution in [0.1, 0.15) is 6.92 Å². The molecular formula is C10H7Cl2FN2O3S. The Morgan fingerprint density at radius 2 is 2.32 bits per heavy atom. The van der Waals surface area contributed by atoms with E-state index in [4.69, 9.17) is 27.9 Å². The zero-order chi connectivity index (χ0) is 14.0. The number of hydrogen-bond donors (Lipinski definition) is 0. The molecule has 0 saturated heterocycles. The van der Waals surface area contributed by atoms with Crippen LogP contribution < -0.4 is 4.74 Å². The van der Waals surface area contributed by atoms with E-state index < -0.39 is 17.3 Å². The highest BCUT2D eigenvalue weighted by Gasteiger charge is 2.15. The molecule has 0 aliphatic carbocycles. The topological polar surface area (TPSA) is 61.3 Å². The van der Waals surface area contributed by atoms with Crippen molar-refractivity contribution in [3.05, 3.63) is 16.4 Å². The predicted octanol–water partition coefficient (Wildman–Crippen LogP) is 3.63. The molecule has 19 heavy (non-hydrogen) atoms. The molecule has 0 saturated carbocycles. The zero-order valence-corrected chi connectivity index (χ0v) is 11.9. The second-order valence-electron chi connectivity index (χ2n) is 3.54. The standard InChI is InChI=1S/C10H7Cl2FN2O3S/c1-4(3-17-10(12)16)18-7-5(13)2-6-8(15-7)19-9(11)14-6/h2,4H,3H2,1H3. The SMILES string of the molecule is CC(COC(=O)Cl)Oc1nc2sc(Cl)nc2cc1F. The Bertz CT molecular complexity index is 622. The molecule has 0 aromatic carbocycles. The number of thiazole rings is 1. The highest BCUT2D eigenvalue weighted by molar-refractivity contribution is 7.21. The molecule has 2 rings (SSSR count). The summed E-state index contributed by atoms with van der Waals surface area (Å²) in [5.41, 5.74) is -0.590. The minimum absolute atomic E-state index is 0.106. The number of fused-ring (bicyclic) bond motifs is 1. The number of ether oxygens (including phenoxy) is 2. The molecule has 1 atom stereocenters. The van der Waals surface area contributed by atoms with Gasteiger partial charge in [0.05, 0.1) is 0 Å². The maximum atomic E-state index is 13.7. The monoisotopic (exact) mass is 324 g/mol. The van der Waals surface area contributed by atoms with Gasteiger partial charge in [-0.1, -0.05) is 22.9 Å². The van der Waals surface area contributed by atoms with E-state index in [2.05, 4.69) is 14.7 Å². The molecule has 0 aliphatic heterocycles. The van der Waals surface area contributed by atoms with Crippen molar-refractivity contribution in [2.75, 3.05) is 6.61 Å². The Hall–Kier alpha value is -1.18. The lowest BCUT2D eigenvalue weighted by Gasteiger charge is -2.13. The molecule has 0 radical (unpaired) electrons. The molecule has 2 heterocycles. The van der Waals surface area contributed by atoms with Crippen molar-refractivity contribution in [3.8, 4) is 5.88 Å². The molecule has 1 unspecified atom stereocenters. The van der Waals surface area contributed by atoms with Gasteiger partial charge in [0, 0.05) is 17.7 Å². The third-order valence-electron chi connectivity index (χ3n) is 2.02. The normalized spacial score (nSPS) is 12.4. The van der Waals surface area contributed by atoms with Gasteiger partial charge >= 0.3 is 5.43 Å². The Labute approximate surface area is 121 Å². The van der Waals surface area contributed by atoms with Gasteiger partial charge in [-0.05, 0) is 6.92 Å². The number of carbonyl (C=O) groups is 1. The average Bonchev–Trinajstić information content (AvgIpc) is 2.66. The van der Waals surface area contributed by atoms with Crippen molar-refractivity contribution in [3.63, 3.8) is 0 Å². The third kappa shape index (κ3) is 3.65. The summed E-state index contributed by atoms with van der Waals surface area (Å²) in [6, 6.07) is 1.18. The van der Waals surface area contributed by atoms with Gasteiger partial charge in [-0.15, -0.1) is 0 Å². The van der Waals surface area contributed by atoms with Crippen LogP contribution in [0.25, 0.3) is 10.3 Å². The first-order chi connectivity index (χ1) is 8.95. The van der Waals surface area contributed by atoms with Crippen LogP contribution in [0.15, 0.2) is 6.07 Å². The summed E-state index contributed by atoms with van der Waals surface area (Å²) in [7, 11) is 0. The van der Waals surface area contributed by atoms with E-state index in [0.29, 0.717) is 10.3 Å². The Morgan fingerprint density at radius 1 is 1.58 bits per heavy atom. The molecule has 0 fully saturated rings. The summed E-state index contributed by atoms with van der Waals surface area (Å²) in [6.45, 7) is 1.48. The van der Waals surface area contributed by atoms with E-state index in [1.807, 2.05) is 0 Å². The van der Waals surface area contributed by atoms with Gasteiger partial charge in [0.15, 0.2) is 10.3 Å². The Kier molecular flexibility index (Phi) is 4.38. The smallest absolute Gasteiger partial charge is 0.403 e. The molecule has 102 valence electrons. The van der Waals surface area contributed by atoms with E-state index in [-0.39, 0.29) is 17.0 Å². The molecule has 9 heteroatoms. The first-order valence-electron chi connectivity index (χ1n) is 5.07. The van der Waals surface area contributed by atoms with Crippen molar-refractivity contribution < 1.29 is 18.7 Å². The van der Waals surface area contributed by atoms with Crippen LogP contribution in [0.3, 0.4) is 0 Å². The molecule has 0 amide bonds. The van der Waals surface area contributed by atoms with Gasteiger partial charge in [-0.2, -0.15) is 4.98 Å². The van der Waals surface area contributed by atoms with Gasteiger partial charge in [0.1, 0.15) is 23.1 Å². The number of nitrogens with zero attached hydrogens (tertiary/aromatic N) is 2. The van der Waals surface area contributed by atoms with Crippen molar-refractivity contribution in [1.82, 2.24) is 9.97 Å². The van der Waals surface area contributed by atoms with Crippen LogP contribution in [0.2, 0.25) is 4.47 Å². The predicted molar refractivity (Wildman–Crippen MR) is 69.7 cm³/mol. The molecule has 5 nitrogen and oxygen atoms in total. The van der Waals surface area contributed by atoms with E-state index in [0.717, 1.165) is 11.3 Å². The molecule has 2 aromatic heterocycles. The van der Waals surface area contributed by atoms with Crippen molar-refractivity contribution in [2.45, 2.75) is 13.0 Å². The first-order valence-corrected chi connectivity index (χ1v) is 6.64. The van der Waals surface area contributed by atoms with Gasteiger partial charge in [0.25, 0.3) is 5.88 Å². The summed E-state index contributed by atoms with van der Waals surface area (Å²) < 4.78 is 23.7. The third-order valence-corrected chi connectivity index (χ3v) is 3.20. The van der Waals surface area contributed by atoms with Crippen molar-refractivity contribution in [1.29, 1.82) is 0 Å². The number of hydrogen-bond acceptors (Lipinski definition) is 6. The average molecular weight is 325 g/mol. The number of halogens is 3. The number of pyridine rings is 1. The lowest BCUT2D eigenvalue weighted by Crippen LogP contribution is -2.20. The lowest BCUT2D eigenvalue weighted by molar-refractivity contribution is 0.100. The molecule has 2 aromatic rings. The van der Waals surface area contributed by atoms with Crippen molar-refractivity contribution in [2.24, 2.45) is 0 Å². The minimum atomic E-state index is -0.950. The molecule has 0 spiro atoms. The van der Waals surface area contributed by atoms with E-state index in [1.165, 1.54) is 6.07 Å². The number of aromatic nitrogens is 2. The highest BCUT2D eigenvalue weighted by atomic mass is 35.5. The first kappa shape index (κ1) is 14.2. The maximum absolute atomic E-state index is 13.7. The van der Waals surface area contributed by atoms with Gasteiger partial charge in [-0.25, -0.2) is 14.2 Å². The Morgan fingerprint density at radius 3 is 3.00 bits per heavy atom. The van der Waals surface area contributed by atoms with E-state index in [9.17, 15) is 9.18 Å². The minimum Gasteiger partial charge on any atom is -0.469 e. The van der Waals surface area contributed by atoms with Gasteiger partial charge in [-0.3, -0.25) is 0 Å². The van der Waals surface area contributed by atoms with Crippen molar-refractivity contribution >= 4 is 50.3 Å². The van der Waals surface area contributed by atoms with Crippen LogP contribution in [0, 0.1) is 5.82 Å². The highest BCUT2D eigenvalue weighted by Crippen LogP contribution is 2.28.